The minimum atomic E-state index is -0.744. The van der Waals surface area contributed by atoms with Gasteiger partial charge in [-0.05, 0) is 24.3 Å². The zero-order chi connectivity index (χ0) is 14.3. The molecule has 0 saturated heterocycles. The number of nitrogens with one attached hydrogen (secondary N) is 1. The van der Waals surface area contributed by atoms with Crippen molar-refractivity contribution in [2.45, 2.75) is 6.54 Å². The number of aromatic nitrogens is 2. The van der Waals surface area contributed by atoms with E-state index < -0.39 is 22.9 Å². The molecule has 0 saturated carbocycles. The van der Waals surface area contributed by atoms with Gasteiger partial charge in [0.05, 0.1) is 6.54 Å². The number of hydrogen-bond acceptors (Lipinski definition) is 3. The van der Waals surface area contributed by atoms with Crippen molar-refractivity contribution in [3.8, 4) is 0 Å². The quantitative estimate of drug-likeness (QED) is 0.774. The van der Waals surface area contributed by atoms with E-state index in [1.807, 2.05) is 0 Å². The van der Waals surface area contributed by atoms with Gasteiger partial charge in [-0.2, -0.15) is 0 Å². The second kappa shape index (κ2) is 4.44. The maximum Gasteiger partial charge on any atom is 0.417 e. The molecule has 0 radical (unpaired) electrons. The predicted molar refractivity (Wildman–Crippen MR) is 66.6 cm³/mol. The van der Waals surface area contributed by atoms with E-state index >= 15 is 0 Å². The van der Waals surface area contributed by atoms with E-state index in [4.69, 9.17) is 4.42 Å². The highest BCUT2D eigenvalue weighted by atomic mass is 19.1. The number of benzene rings is 1. The molecular weight excluding hydrogens is 270 g/mol. The molecule has 7 heteroatoms. The van der Waals surface area contributed by atoms with Crippen LogP contribution in [0.1, 0.15) is 5.56 Å². The molecule has 20 heavy (non-hydrogen) atoms. The van der Waals surface area contributed by atoms with Crippen molar-refractivity contribution in [3.05, 3.63) is 68.6 Å². The predicted octanol–water partition coefficient (Wildman–Crippen LogP) is 1.61. The van der Waals surface area contributed by atoms with Crippen LogP contribution in [0.5, 0.6) is 0 Å². The first kappa shape index (κ1) is 12.3. The zero-order valence-electron chi connectivity index (χ0n) is 10.0. The largest absolute Gasteiger partial charge is 0.417 e. The van der Waals surface area contributed by atoms with Crippen LogP contribution >= 0.6 is 0 Å². The molecule has 0 bridgehead atoms. The third-order valence-electron chi connectivity index (χ3n) is 2.91. The van der Waals surface area contributed by atoms with E-state index in [2.05, 4.69) is 4.98 Å². The number of fused-ring (bicyclic) bond motifs is 1. The number of oxazole rings is 1. The van der Waals surface area contributed by atoms with Gasteiger partial charge in [0.2, 0.25) is 0 Å². The van der Waals surface area contributed by atoms with Crippen LogP contribution in [0.2, 0.25) is 0 Å². The van der Waals surface area contributed by atoms with Gasteiger partial charge in [0.25, 0.3) is 5.56 Å². The van der Waals surface area contributed by atoms with Crippen molar-refractivity contribution in [3.63, 3.8) is 0 Å². The molecule has 0 spiro atoms. The zero-order valence-corrected chi connectivity index (χ0v) is 10.0. The lowest BCUT2D eigenvalue weighted by atomic mass is 10.2. The first-order valence-corrected chi connectivity index (χ1v) is 5.71. The van der Waals surface area contributed by atoms with Crippen LogP contribution in [0.15, 0.2) is 44.5 Å². The molecule has 0 unspecified atom stereocenters. The lowest BCUT2D eigenvalue weighted by Gasteiger charge is -2.06. The lowest BCUT2D eigenvalue weighted by molar-refractivity contribution is 0.554. The topological polar surface area (TPSA) is 68.0 Å². The van der Waals surface area contributed by atoms with Crippen LogP contribution in [-0.2, 0) is 6.54 Å². The van der Waals surface area contributed by atoms with Crippen molar-refractivity contribution in [2.75, 3.05) is 0 Å². The van der Waals surface area contributed by atoms with E-state index in [-0.39, 0.29) is 23.2 Å². The van der Waals surface area contributed by atoms with E-state index in [9.17, 15) is 18.4 Å². The number of rotatable bonds is 2. The van der Waals surface area contributed by atoms with Crippen LogP contribution in [-0.4, -0.2) is 9.55 Å². The average Bonchev–Trinajstić information content (AvgIpc) is 2.79. The third-order valence-corrected chi connectivity index (χ3v) is 2.91. The summed E-state index contributed by atoms with van der Waals surface area (Å²) >= 11 is 0. The van der Waals surface area contributed by atoms with Crippen molar-refractivity contribution >= 4 is 11.1 Å². The Morgan fingerprint density at radius 2 is 2.00 bits per heavy atom. The van der Waals surface area contributed by atoms with Gasteiger partial charge < -0.3 is 8.98 Å². The highest BCUT2D eigenvalue weighted by Crippen LogP contribution is 2.11. The van der Waals surface area contributed by atoms with Gasteiger partial charge in [0, 0.05) is 11.8 Å². The monoisotopic (exact) mass is 278 g/mol. The first-order valence-electron chi connectivity index (χ1n) is 5.71. The molecule has 102 valence electrons. The summed E-state index contributed by atoms with van der Waals surface area (Å²) in [6.07, 6.45) is 1.35. The number of nitrogens with zero attached hydrogens (tertiary/aromatic N) is 1. The van der Waals surface area contributed by atoms with Gasteiger partial charge >= 0.3 is 5.76 Å². The smallest absolute Gasteiger partial charge is 0.408 e. The summed E-state index contributed by atoms with van der Waals surface area (Å²) in [6.45, 7) is -0.147. The van der Waals surface area contributed by atoms with E-state index in [1.165, 1.54) is 12.3 Å². The fourth-order valence-electron chi connectivity index (χ4n) is 1.96. The van der Waals surface area contributed by atoms with Crippen LogP contribution in [0.3, 0.4) is 0 Å². The molecular formula is C13H8F2N2O3. The van der Waals surface area contributed by atoms with Crippen LogP contribution in [0.4, 0.5) is 8.78 Å². The molecule has 0 aliphatic heterocycles. The Hall–Kier alpha value is -2.70. The summed E-state index contributed by atoms with van der Waals surface area (Å²) in [5.74, 6) is -1.95. The van der Waals surface area contributed by atoms with E-state index in [0.29, 0.717) is 0 Å². The van der Waals surface area contributed by atoms with Gasteiger partial charge in [-0.1, -0.05) is 0 Å². The second-order valence-electron chi connectivity index (χ2n) is 4.24. The standard InChI is InChI=1S/C13H8F2N2O3/c14-8-1-2-9(15)7(5-8)6-17-4-3-10-11(12(17)18)16-13(19)20-10/h1-5H,6H2,(H,16,19). The molecule has 1 N–H and O–H groups in total. The molecule has 3 rings (SSSR count). The van der Waals surface area contributed by atoms with Crippen LogP contribution in [0.25, 0.3) is 11.1 Å². The third kappa shape index (κ3) is 2.03. The Balaban J connectivity index is 2.11. The molecule has 3 aromatic rings. The van der Waals surface area contributed by atoms with E-state index in [1.54, 1.807) is 0 Å². The van der Waals surface area contributed by atoms with Crippen LogP contribution < -0.4 is 11.3 Å². The van der Waals surface area contributed by atoms with Crippen molar-refractivity contribution in [1.29, 1.82) is 0 Å². The number of pyridine rings is 1. The first-order chi connectivity index (χ1) is 9.54. The highest BCUT2D eigenvalue weighted by molar-refractivity contribution is 5.70. The van der Waals surface area contributed by atoms with E-state index in [0.717, 1.165) is 22.8 Å². The number of H-pyrrole nitrogens is 1. The normalized spacial score (nSPS) is 11.1. The molecule has 0 fully saturated rings. The maximum atomic E-state index is 13.5. The molecule has 2 heterocycles. The molecule has 5 nitrogen and oxygen atoms in total. The summed E-state index contributed by atoms with van der Waals surface area (Å²) < 4.78 is 32.5. The molecule has 2 aromatic heterocycles. The van der Waals surface area contributed by atoms with Crippen molar-refractivity contribution < 1.29 is 13.2 Å². The van der Waals surface area contributed by atoms with Gasteiger partial charge in [0.15, 0.2) is 11.1 Å². The second-order valence-corrected chi connectivity index (χ2v) is 4.24. The Morgan fingerprint density at radius 3 is 2.80 bits per heavy atom. The molecule has 0 aliphatic rings. The summed E-state index contributed by atoms with van der Waals surface area (Å²) in [4.78, 5) is 25.3. The molecule has 0 aliphatic carbocycles. The van der Waals surface area contributed by atoms with Crippen molar-refractivity contribution in [1.82, 2.24) is 9.55 Å². The van der Waals surface area contributed by atoms with Gasteiger partial charge in [-0.3, -0.25) is 9.78 Å². The summed E-state index contributed by atoms with van der Waals surface area (Å²) in [6, 6.07) is 4.42. The fraction of sp³-hybridized carbons (Fsp3) is 0.0769. The summed E-state index contributed by atoms with van der Waals surface area (Å²) in [7, 11) is 0. The molecule has 0 atom stereocenters. The molecule has 0 amide bonds. The number of aromatic amines is 1. The SMILES string of the molecule is O=c1[nH]c2c(=O)n(Cc3cc(F)ccc3F)ccc2o1. The number of hydrogen-bond donors (Lipinski definition) is 1. The van der Waals surface area contributed by atoms with Gasteiger partial charge in [-0.15, -0.1) is 0 Å². The number of halogens is 2. The summed E-state index contributed by atoms with van der Waals surface area (Å²) in [5.41, 5.74) is -0.389. The van der Waals surface area contributed by atoms with Gasteiger partial charge in [-0.25, -0.2) is 13.6 Å². The Kier molecular flexibility index (Phi) is 2.74. The summed E-state index contributed by atoms with van der Waals surface area (Å²) in [5, 5.41) is 0. The lowest BCUT2D eigenvalue weighted by Crippen LogP contribution is -2.21. The maximum absolute atomic E-state index is 13.5. The minimum absolute atomic E-state index is 0.00527. The average molecular weight is 278 g/mol. The fourth-order valence-corrected chi connectivity index (χ4v) is 1.96. The minimum Gasteiger partial charge on any atom is -0.408 e. The van der Waals surface area contributed by atoms with Crippen molar-refractivity contribution in [2.24, 2.45) is 0 Å². The molecule has 1 aromatic carbocycles. The van der Waals surface area contributed by atoms with Gasteiger partial charge in [0.1, 0.15) is 11.6 Å². The Morgan fingerprint density at radius 1 is 1.20 bits per heavy atom. The Bertz CT molecular complexity index is 908. The Labute approximate surface area is 110 Å². The highest BCUT2D eigenvalue weighted by Gasteiger charge is 2.10. The van der Waals surface area contributed by atoms with Crippen LogP contribution in [0, 0.1) is 11.6 Å².